The standard InChI is InChI=1S/C11H5BrClN5O3/c12-8-6(18(19)20)2-1-3-7(8)21-10-5-4-14-17-9(5)15-11(13)16-10/h1-4H,(H,14,15,16,17). The summed E-state index contributed by atoms with van der Waals surface area (Å²) < 4.78 is 5.82. The van der Waals surface area contributed by atoms with Crippen molar-refractivity contribution >= 4 is 44.3 Å². The molecule has 1 aromatic carbocycles. The second kappa shape index (κ2) is 5.26. The van der Waals surface area contributed by atoms with E-state index in [0.717, 1.165) is 0 Å². The molecule has 0 spiro atoms. The molecule has 0 saturated carbocycles. The molecule has 0 radical (unpaired) electrons. The van der Waals surface area contributed by atoms with Gasteiger partial charge >= 0.3 is 0 Å². The Bertz CT molecular complexity index is 853. The normalized spacial score (nSPS) is 10.8. The number of aromatic nitrogens is 4. The van der Waals surface area contributed by atoms with E-state index in [0.29, 0.717) is 11.0 Å². The minimum Gasteiger partial charge on any atom is -0.437 e. The van der Waals surface area contributed by atoms with E-state index in [4.69, 9.17) is 16.3 Å². The number of benzene rings is 1. The number of nitro groups is 1. The van der Waals surface area contributed by atoms with Crippen LogP contribution in [0.1, 0.15) is 0 Å². The van der Waals surface area contributed by atoms with Gasteiger partial charge in [-0.15, -0.1) is 0 Å². The molecule has 0 unspecified atom stereocenters. The highest BCUT2D eigenvalue weighted by atomic mass is 79.9. The van der Waals surface area contributed by atoms with E-state index in [9.17, 15) is 10.1 Å². The summed E-state index contributed by atoms with van der Waals surface area (Å²) in [4.78, 5) is 18.3. The van der Waals surface area contributed by atoms with Crippen molar-refractivity contribution in [2.24, 2.45) is 0 Å². The Kier molecular flexibility index (Phi) is 3.43. The molecule has 2 heterocycles. The molecule has 8 nitrogen and oxygen atoms in total. The molecule has 0 aliphatic carbocycles. The van der Waals surface area contributed by atoms with Crippen LogP contribution in [0.4, 0.5) is 5.69 Å². The van der Waals surface area contributed by atoms with Gasteiger partial charge in [-0.25, -0.2) is 0 Å². The number of fused-ring (bicyclic) bond motifs is 1. The second-order valence-corrected chi connectivity index (χ2v) is 5.01. The molecule has 0 atom stereocenters. The van der Waals surface area contributed by atoms with Crippen molar-refractivity contribution < 1.29 is 9.66 Å². The van der Waals surface area contributed by atoms with Crippen molar-refractivity contribution in [1.29, 1.82) is 0 Å². The molecule has 0 saturated heterocycles. The third-order valence-electron chi connectivity index (χ3n) is 2.59. The summed E-state index contributed by atoms with van der Waals surface area (Å²) >= 11 is 8.94. The molecule has 2 aromatic heterocycles. The SMILES string of the molecule is O=[N+]([O-])c1cccc(Oc2nc(Cl)nc3[nH]ncc23)c1Br. The van der Waals surface area contributed by atoms with Gasteiger partial charge < -0.3 is 4.74 Å². The van der Waals surface area contributed by atoms with Gasteiger partial charge in [-0.1, -0.05) is 6.07 Å². The number of ether oxygens (including phenoxy) is 1. The van der Waals surface area contributed by atoms with Gasteiger partial charge in [0, 0.05) is 6.07 Å². The van der Waals surface area contributed by atoms with E-state index in [1.54, 1.807) is 6.07 Å². The van der Waals surface area contributed by atoms with Gasteiger partial charge in [0.05, 0.1) is 11.1 Å². The molecule has 3 rings (SSSR count). The Morgan fingerprint density at radius 3 is 2.95 bits per heavy atom. The molecule has 1 N–H and O–H groups in total. The number of rotatable bonds is 3. The van der Waals surface area contributed by atoms with E-state index < -0.39 is 4.92 Å². The summed E-state index contributed by atoms with van der Waals surface area (Å²) in [6, 6.07) is 4.43. The first-order chi connectivity index (χ1) is 10.1. The topological polar surface area (TPSA) is 107 Å². The van der Waals surface area contributed by atoms with Crippen molar-refractivity contribution in [2.75, 3.05) is 0 Å². The van der Waals surface area contributed by atoms with Crippen LogP contribution in [0.3, 0.4) is 0 Å². The highest BCUT2D eigenvalue weighted by molar-refractivity contribution is 9.10. The van der Waals surface area contributed by atoms with Crippen molar-refractivity contribution in [2.45, 2.75) is 0 Å². The van der Waals surface area contributed by atoms with Crippen LogP contribution in [-0.4, -0.2) is 25.1 Å². The van der Waals surface area contributed by atoms with E-state index in [2.05, 4.69) is 36.1 Å². The number of hydrogen-bond donors (Lipinski definition) is 1. The van der Waals surface area contributed by atoms with Gasteiger partial charge in [-0.3, -0.25) is 15.2 Å². The summed E-state index contributed by atoms with van der Waals surface area (Å²) in [5, 5.41) is 17.9. The molecule has 0 aliphatic heterocycles. The monoisotopic (exact) mass is 369 g/mol. The molecule has 0 aliphatic rings. The zero-order valence-electron chi connectivity index (χ0n) is 10.1. The summed E-state index contributed by atoms with van der Waals surface area (Å²) in [6.45, 7) is 0. The van der Waals surface area contributed by atoms with Gasteiger partial charge in [0.25, 0.3) is 5.69 Å². The largest absolute Gasteiger partial charge is 0.437 e. The summed E-state index contributed by atoms with van der Waals surface area (Å²) in [7, 11) is 0. The fourth-order valence-electron chi connectivity index (χ4n) is 1.68. The molecule has 0 bridgehead atoms. The van der Waals surface area contributed by atoms with Crippen molar-refractivity contribution in [3.05, 3.63) is 44.3 Å². The Balaban J connectivity index is 2.09. The first-order valence-corrected chi connectivity index (χ1v) is 6.70. The average molecular weight is 371 g/mol. The van der Waals surface area contributed by atoms with Crippen LogP contribution in [0, 0.1) is 10.1 Å². The van der Waals surface area contributed by atoms with Crippen LogP contribution >= 0.6 is 27.5 Å². The number of hydrogen-bond acceptors (Lipinski definition) is 6. The molecule has 106 valence electrons. The fraction of sp³-hybridized carbons (Fsp3) is 0. The van der Waals surface area contributed by atoms with Crippen molar-refractivity contribution in [3.8, 4) is 11.6 Å². The first kappa shape index (κ1) is 13.7. The van der Waals surface area contributed by atoms with Crippen LogP contribution in [0.25, 0.3) is 11.0 Å². The Morgan fingerprint density at radius 1 is 1.38 bits per heavy atom. The Hall–Kier alpha value is -2.26. The quantitative estimate of drug-likeness (QED) is 0.430. The van der Waals surface area contributed by atoms with Crippen LogP contribution in [0.2, 0.25) is 5.28 Å². The van der Waals surface area contributed by atoms with Gasteiger partial charge in [-0.2, -0.15) is 15.1 Å². The van der Waals surface area contributed by atoms with Crippen LogP contribution in [-0.2, 0) is 0 Å². The van der Waals surface area contributed by atoms with Crippen LogP contribution < -0.4 is 4.74 Å². The van der Waals surface area contributed by atoms with E-state index in [-0.39, 0.29) is 27.1 Å². The number of halogens is 2. The van der Waals surface area contributed by atoms with Crippen LogP contribution in [0.5, 0.6) is 11.6 Å². The molecule has 21 heavy (non-hydrogen) atoms. The smallest absolute Gasteiger partial charge is 0.287 e. The minimum atomic E-state index is -0.517. The first-order valence-electron chi connectivity index (χ1n) is 5.53. The van der Waals surface area contributed by atoms with Gasteiger partial charge in [0.1, 0.15) is 9.86 Å². The number of aromatic amines is 1. The lowest BCUT2D eigenvalue weighted by Gasteiger charge is -2.07. The zero-order chi connectivity index (χ0) is 15.0. The molecule has 3 aromatic rings. The molecular formula is C11H5BrClN5O3. The molecule has 10 heteroatoms. The number of nitro benzene ring substituents is 1. The lowest BCUT2D eigenvalue weighted by Crippen LogP contribution is -1.95. The second-order valence-electron chi connectivity index (χ2n) is 3.88. The van der Waals surface area contributed by atoms with E-state index in [1.807, 2.05) is 0 Å². The average Bonchev–Trinajstić information content (AvgIpc) is 2.88. The number of nitrogens with one attached hydrogen (secondary N) is 1. The summed E-state index contributed by atoms with van der Waals surface area (Å²) in [6.07, 6.45) is 1.48. The Morgan fingerprint density at radius 2 is 2.19 bits per heavy atom. The predicted molar refractivity (Wildman–Crippen MR) is 77.6 cm³/mol. The van der Waals surface area contributed by atoms with Crippen molar-refractivity contribution in [3.63, 3.8) is 0 Å². The molecule has 0 amide bonds. The highest BCUT2D eigenvalue weighted by Crippen LogP contribution is 2.37. The third kappa shape index (κ3) is 2.52. The zero-order valence-corrected chi connectivity index (χ0v) is 12.4. The van der Waals surface area contributed by atoms with Gasteiger partial charge in [0.2, 0.25) is 11.2 Å². The third-order valence-corrected chi connectivity index (χ3v) is 3.56. The minimum absolute atomic E-state index is 0.0247. The van der Waals surface area contributed by atoms with Gasteiger partial charge in [-0.05, 0) is 33.6 Å². The lowest BCUT2D eigenvalue weighted by molar-refractivity contribution is -0.385. The van der Waals surface area contributed by atoms with E-state index >= 15 is 0 Å². The summed E-state index contributed by atoms with van der Waals surface area (Å²) in [5.74, 6) is 0.390. The fourth-order valence-corrected chi connectivity index (χ4v) is 2.33. The number of nitrogens with zero attached hydrogens (tertiary/aromatic N) is 4. The molecule has 0 fully saturated rings. The van der Waals surface area contributed by atoms with E-state index in [1.165, 1.54) is 18.3 Å². The molecular weight excluding hydrogens is 366 g/mol. The Labute approximate surface area is 130 Å². The predicted octanol–water partition coefficient (Wildman–Crippen LogP) is 3.47. The number of H-pyrrole nitrogens is 1. The van der Waals surface area contributed by atoms with Crippen LogP contribution in [0.15, 0.2) is 28.9 Å². The summed E-state index contributed by atoms with van der Waals surface area (Å²) in [5.41, 5.74) is 0.294. The van der Waals surface area contributed by atoms with Gasteiger partial charge in [0.15, 0.2) is 11.4 Å². The lowest BCUT2D eigenvalue weighted by atomic mass is 10.3. The van der Waals surface area contributed by atoms with Crippen molar-refractivity contribution in [1.82, 2.24) is 20.2 Å². The maximum atomic E-state index is 10.9. The maximum absolute atomic E-state index is 10.9. The maximum Gasteiger partial charge on any atom is 0.287 e. The highest BCUT2D eigenvalue weighted by Gasteiger charge is 2.18.